The van der Waals surface area contributed by atoms with Gasteiger partial charge in [0.2, 0.25) is 0 Å². The first kappa shape index (κ1) is 15.4. The predicted octanol–water partition coefficient (Wildman–Crippen LogP) is 5.07. The quantitative estimate of drug-likeness (QED) is 0.757. The van der Waals surface area contributed by atoms with Gasteiger partial charge in [-0.1, -0.05) is 67.3 Å². The van der Waals surface area contributed by atoms with Crippen LogP contribution in [0.5, 0.6) is 0 Å². The highest BCUT2D eigenvalue weighted by molar-refractivity contribution is 5.97. The summed E-state index contributed by atoms with van der Waals surface area (Å²) in [5.41, 5.74) is 4.65. The Morgan fingerprint density at radius 1 is 0.958 bits per heavy atom. The van der Waals surface area contributed by atoms with Gasteiger partial charge >= 0.3 is 0 Å². The average Bonchev–Trinajstić information content (AvgIpc) is 2.62. The van der Waals surface area contributed by atoms with Crippen LogP contribution in [0.3, 0.4) is 0 Å². The second-order valence-corrected chi connectivity index (χ2v) is 7.30. The summed E-state index contributed by atoms with van der Waals surface area (Å²) >= 11 is 0. The van der Waals surface area contributed by atoms with Crippen molar-refractivity contribution in [1.29, 1.82) is 0 Å². The molecule has 2 aliphatic rings. The second kappa shape index (κ2) is 6.43. The maximum Gasteiger partial charge on any atom is 0.254 e. The summed E-state index contributed by atoms with van der Waals surface area (Å²) in [6, 6.07) is 17.4. The van der Waals surface area contributed by atoms with Gasteiger partial charge in [-0.3, -0.25) is 4.79 Å². The van der Waals surface area contributed by atoms with Crippen LogP contribution in [0.25, 0.3) is 0 Å². The number of aryl methyl sites for hydroxylation is 1. The van der Waals surface area contributed by atoms with E-state index in [-0.39, 0.29) is 11.9 Å². The lowest BCUT2D eigenvalue weighted by atomic mass is 9.84. The van der Waals surface area contributed by atoms with Crippen LogP contribution in [0, 0.1) is 6.92 Å². The van der Waals surface area contributed by atoms with E-state index in [0.29, 0.717) is 6.04 Å². The van der Waals surface area contributed by atoms with Crippen molar-refractivity contribution in [2.45, 2.75) is 57.5 Å². The number of hydrogen-bond acceptors (Lipinski definition) is 1. The molecule has 1 fully saturated rings. The normalized spacial score (nSPS) is 21.6. The molecule has 1 heterocycles. The number of benzene rings is 2. The molecule has 2 aromatic rings. The van der Waals surface area contributed by atoms with Crippen molar-refractivity contribution in [3.8, 4) is 0 Å². The number of fused-ring (bicyclic) bond motifs is 1. The van der Waals surface area contributed by atoms with Crippen molar-refractivity contribution in [1.82, 2.24) is 4.90 Å². The number of nitrogens with zero attached hydrogens (tertiary/aromatic N) is 1. The first-order chi connectivity index (χ1) is 11.7. The summed E-state index contributed by atoms with van der Waals surface area (Å²) in [5, 5.41) is 0. The molecule has 0 saturated heterocycles. The molecule has 0 bridgehead atoms. The van der Waals surface area contributed by atoms with E-state index >= 15 is 0 Å². The molecule has 1 amide bonds. The number of carbonyl (C=O) groups excluding carboxylic acids is 1. The van der Waals surface area contributed by atoms with Crippen molar-refractivity contribution >= 4 is 5.91 Å². The molecular weight excluding hydrogens is 294 g/mol. The van der Waals surface area contributed by atoms with Gasteiger partial charge in [0.1, 0.15) is 0 Å². The highest BCUT2D eigenvalue weighted by atomic mass is 16.2. The van der Waals surface area contributed by atoms with E-state index in [0.717, 1.165) is 24.8 Å². The van der Waals surface area contributed by atoms with E-state index in [1.807, 2.05) is 12.1 Å². The number of hydrogen-bond donors (Lipinski definition) is 0. The minimum Gasteiger partial charge on any atom is -0.328 e. The van der Waals surface area contributed by atoms with Gasteiger partial charge in [-0.15, -0.1) is 0 Å². The lowest BCUT2D eigenvalue weighted by Crippen LogP contribution is -2.47. The summed E-state index contributed by atoms with van der Waals surface area (Å²) < 4.78 is 0. The molecule has 1 aliphatic heterocycles. The molecule has 24 heavy (non-hydrogen) atoms. The lowest BCUT2D eigenvalue weighted by Gasteiger charge is -2.43. The van der Waals surface area contributed by atoms with Gasteiger partial charge in [0, 0.05) is 11.6 Å². The fourth-order valence-corrected chi connectivity index (χ4v) is 4.43. The van der Waals surface area contributed by atoms with Crippen molar-refractivity contribution in [2.75, 3.05) is 0 Å². The minimum absolute atomic E-state index is 0.176. The Balaban J connectivity index is 1.77. The van der Waals surface area contributed by atoms with E-state index in [4.69, 9.17) is 0 Å². The summed E-state index contributed by atoms with van der Waals surface area (Å²) in [6.07, 6.45) is 7.03. The van der Waals surface area contributed by atoms with E-state index in [1.165, 1.54) is 36.0 Å². The first-order valence-electron chi connectivity index (χ1n) is 9.21. The standard InChI is InChI=1S/C22H25NO/c1-16-8-7-10-18(14-16)21-15-17-9-5-6-13-20(17)22(24)23(21)19-11-3-2-4-12-19/h5-10,13-14,19,21H,2-4,11-12,15H2,1H3. The third-order valence-corrected chi connectivity index (χ3v) is 5.63. The third kappa shape index (κ3) is 2.75. The Bertz CT molecular complexity index is 745. The molecule has 1 unspecified atom stereocenters. The van der Waals surface area contributed by atoms with Crippen LogP contribution in [0.15, 0.2) is 48.5 Å². The fourth-order valence-electron chi connectivity index (χ4n) is 4.43. The Morgan fingerprint density at radius 3 is 2.54 bits per heavy atom. The van der Waals surface area contributed by atoms with Gasteiger partial charge in [-0.05, 0) is 43.4 Å². The van der Waals surface area contributed by atoms with E-state index in [1.54, 1.807) is 0 Å². The number of carbonyl (C=O) groups is 1. The number of rotatable bonds is 2. The topological polar surface area (TPSA) is 20.3 Å². The molecule has 0 N–H and O–H groups in total. The molecule has 2 heteroatoms. The Morgan fingerprint density at radius 2 is 1.75 bits per heavy atom. The smallest absolute Gasteiger partial charge is 0.254 e. The van der Waals surface area contributed by atoms with Crippen LogP contribution in [0.4, 0.5) is 0 Å². The van der Waals surface area contributed by atoms with E-state index < -0.39 is 0 Å². The monoisotopic (exact) mass is 319 g/mol. The Labute approximate surface area is 144 Å². The van der Waals surface area contributed by atoms with Crippen LogP contribution in [0.2, 0.25) is 0 Å². The fraction of sp³-hybridized carbons (Fsp3) is 0.409. The van der Waals surface area contributed by atoms with Crippen molar-refractivity contribution < 1.29 is 4.79 Å². The highest BCUT2D eigenvalue weighted by Gasteiger charge is 2.37. The summed E-state index contributed by atoms with van der Waals surface area (Å²) in [6.45, 7) is 2.13. The van der Waals surface area contributed by atoms with Crippen molar-refractivity contribution in [3.05, 3.63) is 70.8 Å². The zero-order valence-corrected chi connectivity index (χ0v) is 14.4. The van der Waals surface area contributed by atoms with Gasteiger partial charge in [0.25, 0.3) is 5.91 Å². The van der Waals surface area contributed by atoms with Crippen LogP contribution in [-0.2, 0) is 6.42 Å². The predicted molar refractivity (Wildman–Crippen MR) is 97.1 cm³/mol. The van der Waals surface area contributed by atoms with Gasteiger partial charge in [0.15, 0.2) is 0 Å². The molecule has 0 aromatic heterocycles. The second-order valence-electron chi connectivity index (χ2n) is 7.30. The van der Waals surface area contributed by atoms with Gasteiger partial charge in [-0.25, -0.2) is 0 Å². The van der Waals surface area contributed by atoms with E-state index in [2.05, 4.69) is 48.2 Å². The first-order valence-corrected chi connectivity index (χ1v) is 9.21. The van der Waals surface area contributed by atoms with Crippen molar-refractivity contribution in [3.63, 3.8) is 0 Å². The molecular formula is C22H25NO. The minimum atomic E-state index is 0.176. The van der Waals surface area contributed by atoms with E-state index in [9.17, 15) is 4.79 Å². The maximum absolute atomic E-state index is 13.3. The molecule has 0 radical (unpaired) electrons. The zero-order valence-electron chi connectivity index (χ0n) is 14.4. The Kier molecular flexibility index (Phi) is 4.13. The van der Waals surface area contributed by atoms with Crippen LogP contribution < -0.4 is 0 Å². The Hall–Kier alpha value is -2.09. The summed E-state index contributed by atoms with van der Waals surface area (Å²) in [7, 11) is 0. The molecule has 4 rings (SSSR count). The molecule has 1 atom stereocenters. The summed E-state index contributed by atoms with van der Waals surface area (Å²) in [5.74, 6) is 0.232. The maximum atomic E-state index is 13.3. The molecule has 2 nitrogen and oxygen atoms in total. The summed E-state index contributed by atoms with van der Waals surface area (Å²) in [4.78, 5) is 15.5. The molecule has 0 spiro atoms. The zero-order chi connectivity index (χ0) is 16.5. The largest absolute Gasteiger partial charge is 0.328 e. The highest BCUT2D eigenvalue weighted by Crippen LogP contribution is 2.38. The van der Waals surface area contributed by atoms with Crippen LogP contribution >= 0.6 is 0 Å². The van der Waals surface area contributed by atoms with Gasteiger partial charge in [0.05, 0.1) is 6.04 Å². The van der Waals surface area contributed by atoms with Crippen LogP contribution in [-0.4, -0.2) is 16.8 Å². The van der Waals surface area contributed by atoms with Gasteiger partial charge < -0.3 is 4.90 Å². The molecule has 1 aliphatic carbocycles. The third-order valence-electron chi connectivity index (χ3n) is 5.63. The van der Waals surface area contributed by atoms with Crippen molar-refractivity contribution in [2.24, 2.45) is 0 Å². The van der Waals surface area contributed by atoms with Gasteiger partial charge in [-0.2, -0.15) is 0 Å². The lowest BCUT2D eigenvalue weighted by molar-refractivity contribution is 0.0473. The average molecular weight is 319 g/mol. The SMILES string of the molecule is Cc1cccc(C2Cc3ccccc3C(=O)N2C2CCCCC2)c1. The van der Waals surface area contributed by atoms with Crippen LogP contribution in [0.1, 0.15) is 65.2 Å². The number of amides is 1. The molecule has 124 valence electrons. The molecule has 2 aromatic carbocycles. The molecule has 1 saturated carbocycles.